The number of hydrogen-bond acceptors (Lipinski definition) is 4. The molecule has 7 heteroatoms. The Morgan fingerprint density at radius 2 is 1.97 bits per heavy atom. The first-order valence-electron chi connectivity index (χ1n) is 9.85. The third-order valence-electron chi connectivity index (χ3n) is 5.65. The van der Waals surface area contributed by atoms with E-state index in [1.807, 2.05) is 29.2 Å². The lowest BCUT2D eigenvalue weighted by molar-refractivity contribution is -0.123. The lowest BCUT2D eigenvalue weighted by atomic mass is 10.0. The van der Waals surface area contributed by atoms with Crippen LogP contribution in [-0.2, 0) is 9.53 Å². The van der Waals surface area contributed by atoms with Crippen molar-refractivity contribution < 1.29 is 19.0 Å². The SMILES string of the molecule is O=C(NC(CO)c1ccc(F)c(N2CCOCC2)c1)C1CC1c1ccc(Cl)cc1. The van der Waals surface area contributed by atoms with E-state index in [4.69, 9.17) is 16.3 Å². The van der Waals surface area contributed by atoms with Gasteiger partial charge < -0.3 is 20.1 Å². The summed E-state index contributed by atoms with van der Waals surface area (Å²) in [4.78, 5) is 14.6. The van der Waals surface area contributed by atoms with Crippen molar-refractivity contribution in [3.8, 4) is 0 Å². The van der Waals surface area contributed by atoms with Crippen molar-refractivity contribution in [2.45, 2.75) is 18.4 Å². The smallest absolute Gasteiger partial charge is 0.224 e. The molecule has 2 N–H and O–H groups in total. The lowest BCUT2D eigenvalue weighted by Gasteiger charge is -2.30. The fourth-order valence-electron chi connectivity index (χ4n) is 3.87. The predicted octanol–water partition coefficient (Wildman–Crippen LogP) is 3.27. The van der Waals surface area contributed by atoms with Gasteiger partial charge in [0.2, 0.25) is 5.91 Å². The zero-order valence-corrected chi connectivity index (χ0v) is 16.7. The Hall–Kier alpha value is -2.15. The minimum atomic E-state index is -0.575. The van der Waals surface area contributed by atoms with E-state index in [0.29, 0.717) is 42.6 Å². The molecule has 1 heterocycles. The summed E-state index contributed by atoms with van der Waals surface area (Å²) in [6, 6.07) is 11.7. The molecule has 3 atom stereocenters. The maximum absolute atomic E-state index is 14.3. The molecule has 1 saturated heterocycles. The molecule has 2 aliphatic rings. The number of ether oxygens (including phenoxy) is 1. The Bertz CT molecular complexity index is 871. The molecule has 2 aromatic rings. The van der Waals surface area contributed by atoms with Gasteiger partial charge in [0.05, 0.1) is 31.5 Å². The second-order valence-corrected chi connectivity index (χ2v) is 7.99. The van der Waals surface area contributed by atoms with Gasteiger partial charge in [-0.25, -0.2) is 4.39 Å². The summed E-state index contributed by atoms with van der Waals surface area (Å²) >= 11 is 5.93. The van der Waals surface area contributed by atoms with Crippen LogP contribution in [0.2, 0.25) is 5.02 Å². The minimum Gasteiger partial charge on any atom is -0.394 e. The number of carbonyl (C=O) groups is 1. The number of carbonyl (C=O) groups excluding carboxylic acids is 1. The minimum absolute atomic E-state index is 0.0961. The zero-order valence-electron chi connectivity index (χ0n) is 16.0. The van der Waals surface area contributed by atoms with Gasteiger partial charge in [0.1, 0.15) is 5.82 Å². The molecule has 29 heavy (non-hydrogen) atoms. The average molecular weight is 419 g/mol. The molecule has 5 nitrogen and oxygen atoms in total. The van der Waals surface area contributed by atoms with Gasteiger partial charge in [-0.3, -0.25) is 4.79 Å². The molecule has 2 fully saturated rings. The van der Waals surface area contributed by atoms with E-state index in [1.165, 1.54) is 6.07 Å². The van der Waals surface area contributed by atoms with E-state index in [2.05, 4.69) is 5.32 Å². The first kappa shape index (κ1) is 20.1. The molecule has 154 valence electrons. The zero-order chi connectivity index (χ0) is 20.4. The molecule has 0 aromatic heterocycles. The molecule has 1 aliphatic carbocycles. The van der Waals surface area contributed by atoms with Crippen molar-refractivity contribution in [3.05, 3.63) is 64.4 Å². The molecular formula is C22H24ClFN2O3. The van der Waals surface area contributed by atoms with Gasteiger partial charge in [-0.1, -0.05) is 29.8 Å². The van der Waals surface area contributed by atoms with Crippen molar-refractivity contribution >= 4 is 23.2 Å². The van der Waals surface area contributed by atoms with E-state index >= 15 is 0 Å². The second kappa shape index (κ2) is 8.69. The summed E-state index contributed by atoms with van der Waals surface area (Å²) < 4.78 is 19.7. The largest absolute Gasteiger partial charge is 0.394 e. The Labute approximate surface area is 174 Å². The maximum Gasteiger partial charge on any atom is 0.224 e. The highest BCUT2D eigenvalue weighted by Gasteiger charge is 2.44. The molecule has 3 unspecified atom stereocenters. The Balaban J connectivity index is 1.44. The molecule has 1 aliphatic heterocycles. The number of hydrogen-bond donors (Lipinski definition) is 2. The first-order valence-corrected chi connectivity index (χ1v) is 10.2. The standard InChI is InChI=1S/C22H24ClFN2O3/c23-16-4-1-14(2-5-16)17-12-18(17)22(28)25-20(13-27)15-3-6-19(24)21(11-15)26-7-9-29-10-8-26/h1-6,11,17-18,20,27H,7-10,12-13H2,(H,25,28). The molecule has 1 amide bonds. The number of morpholine rings is 1. The van der Waals surface area contributed by atoms with Crippen LogP contribution in [0, 0.1) is 11.7 Å². The van der Waals surface area contributed by atoms with Crippen LogP contribution in [0.15, 0.2) is 42.5 Å². The van der Waals surface area contributed by atoms with E-state index in [0.717, 1.165) is 12.0 Å². The summed E-state index contributed by atoms with van der Waals surface area (Å²) in [7, 11) is 0. The molecule has 0 bridgehead atoms. The van der Waals surface area contributed by atoms with Crippen molar-refractivity contribution in [3.63, 3.8) is 0 Å². The summed E-state index contributed by atoms with van der Waals surface area (Å²) in [5, 5.41) is 13.5. The highest BCUT2D eigenvalue weighted by molar-refractivity contribution is 6.30. The Kier molecular flexibility index (Phi) is 6.04. The molecule has 0 spiro atoms. The summed E-state index contributed by atoms with van der Waals surface area (Å²) in [5.74, 6) is -0.363. The lowest BCUT2D eigenvalue weighted by Crippen LogP contribution is -2.37. The number of benzene rings is 2. The van der Waals surface area contributed by atoms with Crippen LogP contribution in [0.5, 0.6) is 0 Å². The van der Waals surface area contributed by atoms with Crippen LogP contribution in [0.3, 0.4) is 0 Å². The second-order valence-electron chi connectivity index (χ2n) is 7.55. The highest BCUT2D eigenvalue weighted by Crippen LogP contribution is 2.48. The van der Waals surface area contributed by atoms with E-state index in [-0.39, 0.29) is 30.2 Å². The van der Waals surface area contributed by atoms with Gasteiger partial charge in [0.15, 0.2) is 0 Å². The van der Waals surface area contributed by atoms with Gasteiger partial charge >= 0.3 is 0 Å². The fourth-order valence-corrected chi connectivity index (χ4v) is 4.00. The third kappa shape index (κ3) is 4.55. The number of aliphatic hydroxyl groups is 1. The van der Waals surface area contributed by atoms with Crippen LogP contribution in [0.1, 0.15) is 29.5 Å². The number of nitrogens with zero attached hydrogens (tertiary/aromatic N) is 1. The van der Waals surface area contributed by atoms with Crippen LogP contribution >= 0.6 is 11.6 Å². The van der Waals surface area contributed by atoms with Crippen LogP contribution in [0.4, 0.5) is 10.1 Å². The van der Waals surface area contributed by atoms with E-state index in [1.54, 1.807) is 12.1 Å². The van der Waals surface area contributed by atoms with Gasteiger partial charge in [0, 0.05) is 24.0 Å². The Morgan fingerprint density at radius 1 is 1.24 bits per heavy atom. The third-order valence-corrected chi connectivity index (χ3v) is 5.90. The molecular weight excluding hydrogens is 395 g/mol. The van der Waals surface area contributed by atoms with Crippen LogP contribution in [0.25, 0.3) is 0 Å². The van der Waals surface area contributed by atoms with Crippen molar-refractivity contribution in [1.82, 2.24) is 5.32 Å². The number of amides is 1. The van der Waals surface area contributed by atoms with E-state index in [9.17, 15) is 14.3 Å². The fraction of sp³-hybridized carbons (Fsp3) is 0.409. The van der Waals surface area contributed by atoms with E-state index < -0.39 is 6.04 Å². The number of halogens is 2. The molecule has 2 aromatic carbocycles. The predicted molar refractivity (Wildman–Crippen MR) is 110 cm³/mol. The quantitative estimate of drug-likeness (QED) is 0.755. The summed E-state index contributed by atoms with van der Waals surface area (Å²) in [5.41, 5.74) is 2.25. The van der Waals surface area contributed by atoms with Gasteiger partial charge in [-0.2, -0.15) is 0 Å². The number of aliphatic hydroxyl groups excluding tert-OH is 1. The molecule has 0 radical (unpaired) electrons. The number of anilines is 1. The first-order chi connectivity index (χ1) is 14.1. The number of nitrogens with one attached hydrogen (secondary N) is 1. The number of rotatable bonds is 6. The van der Waals surface area contributed by atoms with Crippen molar-refractivity contribution in [2.24, 2.45) is 5.92 Å². The average Bonchev–Trinajstić information content (AvgIpc) is 3.54. The van der Waals surface area contributed by atoms with Gasteiger partial charge in [-0.05, 0) is 47.7 Å². The molecule has 4 rings (SSSR count). The normalized spacial score (nSPS) is 22.2. The van der Waals surface area contributed by atoms with Gasteiger partial charge in [0.25, 0.3) is 0 Å². The summed E-state index contributed by atoms with van der Waals surface area (Å²) in [6.45, 7) is 2.08. The monoisotopic (exact) mass is 418 g/mol. The Morgan fingerprint density at radius 3 is 2.66 bits per heavy atom. The van der Waals surface area contributed by atoms with Crippen molar-refractivity contribution in [2.75, 3.05) is 37.8 Å². The topological polar surface area (TPSA) is 61.8 Å². The highest BCUT2D eigenvalue weighted by atomic mass is 35.5. The molecule has 1 saturated carbocycles. The van der Waals surface area contributed by atoms with Gasteiger partial charge in [-0.15, -0.1) is 0 Å². The van der Waals surface area contributed by atoms with Crippen molar-refractivity contribution in [1.29, 1.82) is 0 Å². The maximum atomic E-state index is 14.3. The summed E-state index contributed by atoms with van der Waals surface area (Å²) in [6.07, 6.45) is 0.772. The van der Waals surface area contributed by atoms with Crippen LogP contribution < -0.4 is 10.2 Å². The van der Waals surface area contributed by atoms with Crippen LogP contribution in [-0.4, -0.2) is 43.9 Å².